The van der Waals surface area contributed by atoms with Gasteiger partial charge in [-0.25, -0.2) is 15.4 Å². The summed E-state index contributed by atoms with van der Waals surface area (Å²) in [6, 6.07) is 8.61. The molecular weight excluding hydrogens is 342 g/mol. The van der Waals surface area contributed by atoms with Crippen LogP contribution in [0, 0.1) is 13.8 Å². The number of carbonyl (C=O) groups excluding carboxylic acids is 1. The predicted molar refractivity (Wildman–Crippen MR) is 104 cm³/mol. The Labute approximate surface area is 158 Å². The fourth-order valence-electron chi connectivity index (χ4n) is 3.28. The second kappa shape index (κ2) is 8.28. The van der Waals surface area contributed by atoms with Crippen LogP contribution in [0.4, 0.5) is 5.95 Å². The Morgan fingerprint density at radius 2 is 2.11 bits per heavy atom. The van der Waals surface area contributed by atoms with Gasteiger partial charge in [0.2, 0.25) is 5.95 Å². The summed E-state index contributed by atoms with van der Waals surface area (Å²) in [5.41, 5.74) is 5.44. The maximum Gasteiger partial charge on any atom is 0.267 e. The van der Waals surface area contributed by atoms with Crippen molar-refractivity contribution in [3.63, 3.8) is 0 Å². The molecule has 1 aliphatic rings. The van der Waals surface area contributed by atoms with Gasteiger partial charge in [-0.2, -0.15) is 0 Å². The Kier molecular flexibility index (Phi) is 5.83. The molecule has 0 spiro atoms. The summed E-state index contributed by atoms with van der Waals surface area (Å²) in [6.07, 6.45) is 6.36. The lowest BCUT2D eigenvalue weighted by Gasteiger charge is -2.30. The number of hydrogen-bond acceptors (Lipinski definition) is 6. The molecule has 1 fully saturated rings. The van der Waals surface area contributed by atoms with Gasteiger partial charge in [0.15, 0.2) is 0 Å². The minimum absolute atomic E-state index is 0.129. The van der Waals surface area contributed by atoms with Crippen molar-refractivity contribution in [1.29, 1.82) is 0 Å². The average molecular weight is 367 g/mol. The molecule has 1 aromatic carbocycles. The molecule has 7 heteroatoms. The first-order valence-electron chi connectivity index (χ1n) is 9.00. The highest BCUT2D eigenvalue weighted by molar-refractivity contribution is 5.90. The third-order valence-electron chi connectivity index (χ3n) is 4.83. The summed E-state index contributed by atoms with van der Waals surface area (Å²) in [6.45, 7) is 5.76. The summed E-state index contributed by atoms with van der Waals surface area (Å²) in [7, 11) is 0. The number of aryl methyl sites for hydroxylation is 2. The molecule has 1 atom stereocenters. The highest BCUT2D eigenvalue weighted by atomic mass is 16.5. The fourth-order valence-corrected chi connectivity index (χ4v) is 3.28. The third kappa shape index (κ3) is 4.90. The lowest BCUT2D eigenvalue weighted by Crippen LogP contribution is -2.43. The van der Waals surface area contributed by atoms with Crippen LogP contribution in [-0.2, 0) is 11.2 Å². The normalized spacial score (nSPS) is 19.4. The Morgan fingerprint density at radius 3 is 2.74 bits per heavy atom. The Bertz CT molecular complexity index is 827. The van der Waals surface area contributed by atoms with Crippen molar-refractivity contribution in [2.24, 2.45) is 0 Å². The lowest BCUT2D eigenvalue weighted by molar-refractivity contribution is -0.124. The van der Waals surface area contributed by atoms with Crippen LogP contribution in [0.3, 0.4) is 0 Å². The quantitative estimate of drug-likeness (QED) is 0.354. The number of nitrogens with zero attached hydrogens (tertiary/aromatic N) is 2. The van der Waals surface area contributed by atoms with E-state index in [2.05, 4.69) is 51.8 Å². The van der Waals surface area contributed by atoms with Gasteiger partial charge in [0.05, 0.1) is 11.2 Å². The molecule has 0 unspecified atom stereocenters. The molecule has 1 saturated heterocycles. The van der Waals surface area contributed by atoms with Crippen LogP contribution in [-0.4, -0.2) is 39.7 Å². The molecule has 0 saturated carbocycles. The molecule has 4 N–H and O–H groups in total. The van der Waals surface area contributed by atoms with Gasteiger partial charge in [0, 0.05) is 24.4 Å². The Balaban J connectivity index is 1.76. The topological polar surface area (TPSA) is 99.2 Å². The zero-order chi connectivity index (χ0) is 19.3. The monoisotopic (exact) mass is 367 g/mol. The number of carbonyl (C=O) groups is 1. The van der Waals surface area contributed by atoms with Crippen LogP contribution in [0.2, 0.25) is 0 Å². The Hall–Kier alpha value is -2.77. The number of amides is 1. The van der Waals surface area contributed by atoms with E-state index in [4.69, 9.17) is 5.21 Å². The zero-order valence-electron chi connectivity index (χ0n) is 15.6. The van der Waals surface area contributed by atoms with Crippen LogP contribution in [0.1, 0.15) is 28.8 Å². The molecule has 0 radical (unpaired) electrons. The SMILES string of the molecule is Cc1ccc(C[C@@]2(Nc3ncc(/C=C/C(=O)NO)c(C)n3)CCNC2)cc1. The predicted octanol–water partition coefficient (Wildman–Crippen LogP) is 2.00. The number of benzene rings is 1. The molecule has 2 heterocycles. The molecule has 1 aromatic heterocycles. The van der Waals surface area contributed by atoms with E-state index in [1.165, 1.54) is 17.2 Å². The smallest absolute Gasteiger partial charge is 0.267 e. The van der Waals surface area contributed by atoms with Gasteiger partial charge in [-0.15, -0.1) is 0 Å². The van der Waals surface area contributed by atoms with E-state index in [-0.39, 0.29) is 5.54 Å². The second-order valence-corrected chi connectivity index (χ2v) is 7.04. The summed E-state index contributed by atoms with van der Waals surface area (Å²) in [5, 5.41) is 15.5. The fraction of sp³-hybridized carbons (Fsp3) is 0.350. The maximum atomic E-state index is 11.1. The van der Waals surface area contributed by atoms with Gasteiger partial charge in [-0.1, -0.05) is 29.8 Å². The van der Waals surface area contributed by atoms with E-state index in [1.54, 1.807) is 17.8 Å². The van der Waals surface area contributed by atoms with Gasteiger partial charge >= 0.3 is 0 Å². The van der Waals surface area contributed by atoms with Crippen molar-refractivity contribution in [3.05, 3.63) is 58.9 Å². The molecule has 27 heavy (non-hydrogen) atoms. The second-order valence-electron chi connectivity index (χ2n) is 7.04. The number of hydroxylamine groups is 1. The molecule has 0 bridgehead atoms. The molecule has 0 aliphatic carbocycles. The molecule has 7 nitrogen and oxygen atoms in total. The summed E-state index contributed by atoms with van der Waals surface area (Å²) >= 11 is 0. The van der Waals surface area contributed by atoms with Crippen LogP contribution in [0.15, 0.2) is 36.5 Å². The van der Waals surface area contributed by atoms with Crippen molar-refractivity contribution in [1.82, 2.24) is 20.8 Å². The number of nitrogens with one attached hydrogen (secondary N) is 3. The van der Waals surface area contributed by atoms with Gasteiger partial charge in [-0.3, -0.25) is 10.0 Å². The van der Waals surface area contributed by atoms with Crippen LogP contribution in [0.25, 0.3) is 6.08 Å². The van der Waals surface area contributed by atoms with Crippen LogP contribution < -0.4 is 16.1 Å². The van der Waals surface area contributed by atoms with Crippen molar-refractivity contribution in [3.8, 4) is 0 Å². The first kappa shape index (κ1) is 19.0. The van der Waals surface area contributed by atoms with Crippen LogP contribution in [0.5, 0.6) is 0 Å². The molecule has 2 aromatic rings. The lowest BCUT2D eigenvalue weighted by atomic mass is 9.89. The van der Waals surface area contributed by atoms with E-state index >= 15 is 0 Å². The van der Waals surface area contributed by atoms with Gasteiger partial charge in [-0.05, 0) is 44.9 Å². The number of aromatic nitrogens is 2. The van der Waals surface area contributed by atoms with Crippen molar-refractivity contribution in [2.75, 3.05) is 18.4 Å². The van der Waals surface area contributed by atoms with E-state index in [0.717, 1.165) is 37.2 Å². The number of hydrogen-bond donors (Lipinski definition) is 4. The Morgan fingerprint density at radius 1 is 1.33 bits per heavy atom. The van der Waals surface area contributed by atoms with Gasteiger partial charge in [0.25, 0.3) is 5.91 Å². The standard InChI is InChI=1S/C20H25N5O2/c1-14-3-5-16(6-4-14)11-20(9-10-21-13-20)24-19-22-12-17(15(2)23-19)7-8-18(26)25-27/h3-8,12,21,27H,9-11,13H2,1-2H3,(H,25,26)(H,22,23,24)/b8-7+/t20-/m0/s1. The minimum Gasteiger partial charge on any atom is -0.347 e. The average Bonchev–Trinajstić information content (AvgIpc) is 3.10. The summed E-state index contributed by atoms with van der Waals surface area (Å²) in [4.78, 5) is 20.1. The largest absolute Gasteiger partial charge is 0.347 e. The molecular formula is C20H25N5O2. The van der Waals surface area contributed by atoms with Gasteiger partial charge in [0.1, 0.15) is 0 Å². The van der Waals surface area contributed by atoms with E-state index in [1.807, 2.05) is 6.92 Å². The van der Waals surface area contributed by atoms with Crippen molar-refractivity contribution in [2.45, 2.75) is 32.2 Å². The van der Waals surface area contributed by atoms with Crippen molar-refractivity contribution >= 4 is 17.9 Å². The highest BCUT2D eigenvalue weighted by Gasteiger charge is 2.34. The first-order valence-corrected chi connectivity index (χ1v) is 9.00. The van der Waals surface area contributed by atoms with Gasteiger partial charge < -0.3 is 10.6 Å². The van der Waals surface area contributed by atoms with Crippen LogP contribution >= 0.6 is 0 Å². The molecule has 142 valence electrons. The van der Waals surface area contributed by atoms with Crippen molar-refractivity contribution < 1.29 is 10.0 Å². The highest BCUT2D eigenvalue weighted by Crippen LogP contribution is 2.25. The van der Waals surface area contributed by atoms with E-state index in [0.29, 0.717) is 5.95 Å². The third-order valence-corrected chi connectivity index (χ3v) is 4.83. The van der Waals surface area contributed by atoms with E-state index < -0.39 is 5.91 Å². The molecule has 3 rings (SSSR count). The number of anilines is 1. The minimum atomic E-state index is -0.592. The van der Waals surface area contributed by atoms with E-state index in [9.17, 15) is 4.79 Å². The summed E-state index contributed by atoms with van der Waals surface area (Å²) < 4.78 is 0. The molecule has 1 aliphatic heterocycles. The molecule has 1 amide bonds. The number of rotatable bonds is 6. The first-order chi connectivity index (χ1) is 13.0. The zero-order valence-corrected chi connectivity index (χ0v) is 15.6. The maximum absolute atomic E-state index is 11.1. The summed E-state index contributed by atoms with van der Waals surface area (Å²) in [5.74, 6) is -0.0160.